The Kier molecular flexibility index (Phi) is 5.20. The van der Waals surface area contributed by atoms with Gasteiger partial charge in [-0.15, -0.1) is 23.1 Å². The standard InChI is InChI=1S/C19H17N5O3S2/c1-10-6-15(13-7-12(27-3)4-5-14(13)20-10)28-9-17(25)21-16-8-29-19-22-18(26)11(2)23-24(16)19/h4-8H,9H2,1-3H3,(H,21,25). The van der Waals surface area contributed by atoms with Crippen LogP contribution in [0, 0.1) is 13.8 Å². The Morgan fingerprint density at radius 1 is 1.28 bits per heavy atom. The number of nitrogens with one attached hydrogen (secondary N) is 1. The largest absolute Gasteiger partial charge is 0.497 e. The van der Waals surface area contributed by atoms with Gasteiger partial charge in [-0.1, -0.05) is 0 Å². The van der Waals surface area contributed by atoms with Crippen LogP contribution in [0.2, 0.25) is 0 Å². The van der Waals surface area contributed by atoms with Gasteiger partial charge in [0.2, 0.25) is 10.9 Å². The van der Waals surface area contributed by atoms with Crippen LogP contribution in [0.1, 0.15) is 11.4 Å². The molecule has 4 aromatic rings. The van der Waals surface area contributed by atoms with Crippen LogP contribution in [0.15, 0.2) is 39.3 Å². The van der Waals surface area contributed by atoms with Gasteiger partial charge in [-0.25, -0.2) is 0 Å². The minimum atomic E-state index is -0.365. The van der Waals surface area contributed by atoms with Gasteiger partial charge in [-0.05, 0) is 38.1 Å². The molecule has 3 aromatic heterocycles. The predicted molar refractivity (Wildman–Crippen MR) is 114 cm³/mol. The van der Waals surface area contributed by atoms with Gasteiger partial charge >= 0.3 is 0 Å². The molecule has 0 atom stereocenters. The molecular formula is C19H17N5O3S2. The highest BCUT2D eigenvalue weighted by molar-refractivity contribution is 8.00. The highest BCUT2D eigenvalue weighted by Gasteiger charge is 2.13. The zero-order chi connectivity index (χ0) is 20.5. The molecule has 0 radical (unpaired) electrons. The van der Waals surface area contributed by atoms with E-state index in [0.29, 0.717) is 10.8 Å². The molecule has 0 unspecified atom stereocenters. The molecular weight excluding hydrogens is 410 g/mol. The van der Waals surface area contributed by atoms with E-state index in [0.717, 1.165) is 27.2 Å². The molecule has 0 aliphatic rings. The van der Waals surface area contributed by atoms with Crippen molar-refractivity contribution in [3.8, 4) is 5.75 Å². The van der Waals surface area contributed by atoms with Crippen LogP contribution in [-0.4, -0.2) is 38.4 Å². The summed E-state index contributed by atoms with van der Waals surface area (Å²) in [5, 5.41) is 9.68. The molecule has 0 saturated heterocycles. The topological polar surface area (TPSA) is 98.5 Å². The maximum Gasteiger partial charge on any atom is 0.295 e. The summed E-state index contributed by atoms with van der Waals surface area (Å²) in [4.78, 5) is 34.0. The molecule has 0 spiro atoms. The number of thioether (sulfide) groups is 1. The Balaban J connectivity index is 1.54. The third-order valence-corrected chi connectivity index (χ3v) is 6.05. The molecule has 0 saturated carbocycles. The predicted octanol–water partition coefficient (Wildman–Crippen LogP) is 3.06. The van der Waals surface area contributed by atoms with Crippen LogP contribution in [0.3, 0.4) is 0 Å². The van der Waals surface area contributed by atoms with Crippen molar-refractivity contribution in [3.05, 3.63) is 51.4 Å². The van der Waals surface area contributed by atoms with Crippen LogP contribution in [0.25, 0.3) is 15.9 Å². The van der Waals surface area contributed by atoms with Crippen molar-refractivity contribution in [2.75, 3.05) is 18.2 Å². The van der Waals surface area contributed by atoms with E-state index in [2.05, 4.69) is 20.4 Å². The van der Waals surface area contributed by atoms with E-state index in [1.54, 1.807) is 19.4 Å². The number of hydrogen-bond acceptors (Lipinski definition) is 8. The molecule has 0 aliphatic carbocycles. The molecule has 0 aliphatic heterocycles. The Labute approximate surface area is 174 Å². The molecule has 3 heterocycles. The lowest BCUT2D eigenvalue weighted by Gasteiger charge is -2.09. The monoisotopic (exact) mass is 427 g/mol. The molecule has 10 heteroatoms. The number of aromatic nitrogens is 4. The third-order valence-electron chi connectivity index (χ3n) is 4.17. The molecule has 8 nitrogen and oxygen atoms in total. The van der Waals surface area contributed by atoms with Gasteiger partial charge in [0.05, 0.1) is 18.4 Å². The Morgan fingerprint density at radius 3 is 2.90 bits per heavy atom. The van der Waals surface area contributed by atoms with Crippen LogP contribution in [-0.2, 0) is 4.79 Å². The van der Waals surface area contributed by atoms with Crippen molar-refractivity contribution in [2.45, 2.75) is 18.7 Å². The van der Waals surface area contributed by atoms with Crippen molar-refractivity contribution in [1.82, 2.24) is 19.6 Å². The van der Waals surface area contributed by atoms with E-state index in [1.165, 1.54) is 27.6 Å². The summed E-state index contributed by atoms with van der Waals surface area (Å²) in [5.74, 6) is 1.25. The lowest BCUT2D eigenvalue weighted by Crippen LogP contribution is -2.19. The van der Waals surface area contributed by atoms with Gasteiger partial charge < -0.3 is 10.1 Å². The summed E-state index contributed by atoms with van der Waals surface area (Å²) in [7, 11) is 1.62. The number of amides is 1. The van der Waals surface area contributed by atoms with Gasteiger partial charge in [0.15, 0.2) is 0 Å². The first-order valence-electron chi connectivity index (χ1n) is 8.68. The fourth-order valence-corrected chi connectivity index (χ4v) is 4.48. The summed E-state index contributed by atoms with van der Waals surface area (Å²) in [5.41, 5.74) is 1.64. The van der Waals surface area contributed by atoms with E-state index in [-0.39, 0.29) is 22.9 Å². The number of carbonyl (C=O) groups excluding carboxylic acids is 1. The molecule has 0 bridgehead atoms. The number of pyridine rings is 1. The number of benzene rings is 1. The third kappa shape index (κ3) is 3.94. The molecule has 1 amide bonds. The van der Waals surface area contributed by atoms with Crippen molar-refractivity contribution >= 4 is 50.7 Å². The Morgan fingerprint density at radius 2 is 2.10 bits per heavy atom. The first-order valence-corrected chi connectivity index (χ1v) is 10.5. The summed E-state index contributed by atoms with van der Waals surface area (Å²) < 4.78 is 6.78. The van der Waals surface area contributed by atoms with E-state index in [1.807, 2.05) is 31.2 Å². The minimum absolute atomic E-state index is 0.182. The normalized spacial score (nSPS) is 11.1. The molecule has 0 fully saturated rings. The molecule has 1 aromatic carbocycles. The Hall–Kier alpha value is -2.98. The maximum atomic E-state index is 12.5. The number of nitrogens with zero attached hydrogens (tertiary/aromatic N) is 4. The number of thiazole rings is 1. The summed E-state index contributed by atoms with van der Waals surface area (Å²) in [6.45, 7) is 3.51. The van der Waals surface area contributed by atoms with Crippen LogP contribution in [0.4, 0.5) is 5.82 Å². The van der Waals surface area contributed by atoms with Gasteiger partial charge in [0, 0.05) is 21.4 Å². The van der Waals surface area contributed by atoms with Gasteiger partial charge in [-0.2, -0.15) is 14.6 Å². The van der Waals surface area contributed by atoms with Crippen molar-refractivity contribution < 1.29 is 9.53 Å². The second-order valence-electron chi connectivity index (χ2n) is 6.30. The number of hydrogen-bond donors (Lipinski definition) is 1. The smallest absolute Gasteiger partial charge is 0.295 e. The van der Waals surface area contributed by atoms with Crippen molar-refractivity contribution in [2.24, 2.45) is 0 Å². The number of carbonyl (C=O) groups is 1. The summed E-state index contributed by atoms with van der Waals surface area (Å²) >= 11 is 2.67. The number of anilines is 1. The fraction of sp³-hybridized carbons (Fsp3) is 0.211. The number of ether oxygens (including phenoxy) is 1. The maximum absolute atomic E-state index is 12.5. The van der Waals surface area contributed by atoms with Crippen molar-refractivity contribution in [3.63, 3.8) is 0 Å². The van der Waals surface area contributed by atoms with Gasteiger partial charge in [0.25, 0.3) is 5.56 Å². The van der Waals surface area contributed by atoms with Crippen LogP contribution < -0.4 is 15.6 Å². The van der Waals surface area contributed by atoms with Gasteiger partial charge in [0.1, 0.15) is 17.3 Å². The average Bonchev–Trinajstić information content (AvgIpc) is 3.07. The van der Waals surface area contributed by atoms with Gasteiger partial charge in [-0.3, -0.25) is 14.6 Å². The van der Waals surface area contributed by atoms with E-state index in [9.17, 15) is 9.59 Å². The molecule has 148 valence electrons. The van der Waals surface area contributed by atoms with Crippen molar-refractivity contribution in [1.29, 1.82) is 0 Å². The highest BCUT2D eigenvalue weighted by Crippen LogP contribution is 2.30. The molecule has 4 rings (SSSR count). The zero-order valence-electron chi connectivity index (χ0n) is 15.9. The zero-order valence-corrected chi connectivity index (χ0v) is 17.6. The second-order valence-corrected chi connectivity index (χ2v) is 8.15. The minimum Gasteiger partial charge on any atom is -0.497 e. The lowest BCUT2D eigenvalue weighted by molar-refractivity contribution is -0.113. The summed E-state index contributed by atoms with van der Waals surface area (Å²) in [6, 6.07) is 7.65. The van der Waals surface area contributed by atoms with E-state index >= 15 is 0 Å². The molecule has 29 heavy (non-hydrogen) atoms. The number of rotatable bonds is 5. The summed E-state index contributed by atoms with van der Waals surface area (Å²) in [6.07, 6.45) is 0. The second kappa shape index (κ2) is 7.80. The SMILES string of the molecule is COc1ccc2nc(C)cc(SCC(=O)Nc3csc4nc(=O)c(C)nn34)c2c1. The fourth-order valence-electron chi connectivity index (χ4n) is 2.79. The molecule has 1 N–H and O–H groups in total. The Bertz CT molecular complexity index is 1300. The first kappa shape index (κ1) is 19.3. The number of aryl methyl sites for hydroxylation is 2. The first-order chi connectivity index (χ1) is 13.9. The number of methoxy groups -OCH3 is 1. The van der Waals surface area contributed by atoms with E-state index < -0.39 is 0 Å². The highest BCUT2D eigenvalue weighted by atomic mass is 32.2. The lowest BCUT2D eigenvalue weighted by atomic mass is 10.2. The van der Waals surface area contributed by atoms with E-state index in [4.69, 9.17) is 4.74 Å². The number of fused-ring (bicyclic) bond motifs is 2. The van der Waals surface area contributed by atoms with Crippen LogP contribution >= 0.6 is 23.1 Å². The van der Waals surface area contributed by atoms with Crippen LogP contribution in [0.5, 0.6) is 5.75 Å². The average molecular weight is 428 g/mol. The quantitative estimate of drug-likeness (QED) is 0.489.